The zero-order valence-corrected chi connectivity index (χ0v) is 14.3. The molecule has 0 saturated carbocycles. The number of aromatic nitrogens is 4. The predicted molar refractivity (Wildman–Crippen MR) is 92.5 cm³/mol. The number of halogens is 1. The van der Waals surface area contributed by atoms with Crippen molar-refractivity contribution in [3.05, 3.63) is 53.9 Å². The fourth-order valence-electron chi connectivity index (χ4n) is 3.37. The van der Waals surface area contributed by atoms with E-state index in [4.69, 9.17) is 4.74 Å². The van der Waals surface area contributed by atoms with E-state index in [2.05, 4.69) is 20.0 Å². The van der Waals surface area contributed by atoms with Gasteiger partial charge in [0.2, 0.25) is 0 Å². The first-order chi connectivity index (χ1) is 12.7. The number of carbonyl (C=O) groups excluding carboxylic acids is 1. The third kappa shape index (κ3) is 2.87. The van der Waals surface area contributed by atoms with Gasteiger partial charge < -0.3 is 9.64 Å². The molecular weight excluding hydrogens is 337 g/mol. The molecule has 4 heterocycles. The molecule has 0 aromatic carbocycles. The molecule has 0 amide bonds. The SMILES string of the molecule is CCOC(=O)c1cnn2ccc(N3CCC[C@@H]3c3cncc(F)c3)nc12. The van der Waals surface area contributed by atoms with Crippen LogP contribution in [0.1, 0.15) is 41.7 Å². The van der Waals surface area contributed by atoms with Crippen molar-refractivity contribution < 1.29 is 13.9 Å². The van der Waals surface area contributed by atoms with E-state index in [0.29, 0.717) is 11.2 Å². The Hall–Kier alpha value is -3.03. The van der Waals surface area contributed by atoms with Gasteiger partial charge in [0, 0.05) is 18.9 Å². The zero-order chi connectivity index (χ0) is 18.1. The van der Waals surface area contributed by atoms with Crippen LogP contribution in [0.3, 0.4) is 0 Å². The van der Waals surface area contributed by atoms with Gasteiger partial charge in [-0.05, 0) is 37.5 Å². The average Bonchev–Trinajstić information content (AvgIpc) is 3.28. The summed E-state index contributed by atoms with van der Waals surface area (Å²) >= 11 is 0. The summed E-state index contributed by atoms with van der Waals surface area (Å²) in [6, 6.07) is 3.36. The van der Waals surface area contributed by atoms with Gasteiger partial charge in [-0.1, -0.05) is 0 Å². The maximum Gasteiger partial charge on any atom is 0.343 e. The van der Waals surface area contributed by atoms with Crippen LogP contribution >= 0.6 is 0 Å². The second-order valence-corrected chi connectivity index (χ2v) is 6.12. The first-order valence-electron chi connectivity index (χ1n) is 8.56. The lowest BCUT2D eigenvalue weighted by Gasteiger charge is -2.26. The topological polar surface area (TPSA) is 72.6 Å². The van der Waals surface area contributed by atoms with E-state index in [1.165, 1.54) is 18.5 Å². The molecule has 1 aliphatic rings. The molecule has 7 nitrogen and oxygen atoms in total. The second-order valence-electron chi connectivity index (χ2n) is 6.12. The standard InChI is InChI=1S/C18H18FN5O2/c1-2-26-18(25)14-11-21-24-7-5-16(22-17(14)24)23-6-3-4-15(23)12-8-13(19)10-20-9-12/h5,7-11,15H,2-4,6H2,1H3/t15-/m1/s1. The fraction of sp³-hybridized carbons (Fsp3) is 0.333. The first kappa shape index (κ1) is 16.4. The Balaban J connectivity index is 1.71. The number of fused-ring (bicyclic) bond motifs is 1. The second kappa shape index (κ2) is 6.70. The molecule has 134 valence electrons. The zero-order valence-electron chi connectivity index (χ0n) is 14.3. The smallest absolute Gasteiger partial charge is 0.343 e. The van der Waals surface area contributed by atoms with Gasteiger partial charge in [-0.3, -0.25) is 4.98 Å². The van der Waals surface area contributed by atoms with Crippen LogP contribution in [0.2, 0.25) is 0 Å². The van der Waals surface area contributed by atoms with Gasteiger partial charge in [0.05, 0.1) is 25.0 Å². The number of hydrogen-bond acceptors (Lipinski definition) is 6. The summed E-state index contributed by atoms with van der Waals surface area (Å²) in [6.45, 7) is 2.84. The van der Waals surface area contributed by atoms with Crippen molar-refractivity contribution in [2.45, 2.75) is 25.8 Å². The average molecular weight is 355 g/mol. The third-order valence-corrected chi connectivity index (χ3v) is 4.51. The largest absolute Gasteiger partial charge is 0.462 e. The Kier molecular flexibility index (Phi) is 4.24. The molecule has 4 rings (SSSR count). The van der Waals surface area contributed by atoms with Crippen LogP contribution < -0.4 is 4.90 Å². The molecule has 1 fully saturated rings. The van der Waals surface area contributed by atoms with Crippen molar-refractivity contribution in [3.8, 4) is 0 Å². The Morgan fingerprint density at radius 1 is 1.38 bits per heavy atom. The van der Waals surface area contributed by atoms with Crippen LogP contribution in [0.4, 0.5) is 10.2 Å². The van der Waals surface area contributed by atoms with Crippen molar-refractivity contribution >= 4 is 17.4 Å². The number of hydrogen-bond donors (Lipinski definition) is 0. The third-order valence-electron chi connectivity index (χ3n) is 4.51. The number of nitrogens with zero attached hydrogens (tertiary/aromatic N) is 5. The van der Waals surface area contributed by atoms with Gasteiger partial charge >= 0.3 is 5.97 Å². The van der Waals surface area contributed by atoms with Gasteiger partial charge in [0.1, 0.15) is 17.2 Å². The van der Waals surface area contributed by atoms with Crippen molar-refractivity contribution in [1.29, 1.82) is 0 Å². The van der Waals surface area contributed by atoms with Gasteiger partial charge in [-0.2, -0.15) is 5.10 Å². The number of carbonyl (C=O) groups is 1. The molecule has 0 unspecified atom stereocenters. The normalized spacial score (nSPS) is 17.0. The van der Waals surface area contributed by atoms with E-state index in [-0.39, 0.29) is 18.5 Å². The molecule has 1 aliphatic heterocycles. The number of esters is 1. The molecule has 8 heteroatoms. The maximum atomic E-state index is 13.6. The van der Waals surface area contributed by atoms with Crippen molar-refractivity contribution in [3.63, 3.8) is 0 Å². The van der Waals surface area contributed by atoms with Crippen LogP contribution in [0.25, 0.3) is 5.65 Å². The van der Waals surface area contributed by atoms with Crippen LogP contribution in [0.5, 0.6) is 0 Å². The summed E-state index contributed by atoms with van der Waals surface area (Å²) in [5.41, 5.74) is 1.60. The molecule has 26 heavy (non-hydrogen) atoms. The van der Waals surface area contributed by atoms with E-state index in [9.17, 15) is 9.18 Å². The highest BCUT2D eigenvalue weighted by atomic mass is 19.1. The molecular formula is C18H18FN5O2. The fourth-order valence-corrected chi connectivity index (χ4v) is 3.37. The molecule has 3 aromatic heterocycles. The molecule has 3 aromatic rings. The number of ether oxygens (including phenoxy) is 1. The molecule has 0 radical (unpaired) electrons. The van der Waals surface area contributed by atoms with Crippen molar-refractivity contribution in [2.75, 3.05) is 18.1 Å². The molecule has 0 spiro atoms. The highest BCUT2D eigenvalue weighted by Gasteiger charge is 2.28. The molecule has 0 aliphatic carbocycles. The number of rotatable bonds is 4. The van der Waals surface area contributed by atoms with E-state index in [0.717, 1.165) is 30.8 Å². The van der Waals surface area contributed by atoms with Crippen LogP contribution in [0, 0.1) is 5.82 Å². The van der Waals surface area contributed by atoms with E-state index < -0.39 is 5.97 Å². The quantitative estimate of drug-likeness (QED) is 0.670. The summed E-state index contributed by atoms with van der Waals surface area (Å²) in [5.74, 6) is -0.0760. The summed E-state index contributed by atoms with van der Waals surface area (Å²) in [6.07, 6.45) is 7.97. The first-order valence-corrected chi connectivity index (χ1v) is 8.56. The lowest BCUT2D eigenvalue weighted by Crippen LogP contribution is -2.24. The summed E-state index contributed by atoms with van der Waals surface area (Å²) in [7, 11) is 0. The lowest BCUT2D eigenvalue weighted by molar-refractivity contribution is 0.0528. The minimum atomic E-state index is -0.445. The Morgan fingerprint density at radius 3 is 3.08 bits per heavy atom. The minimum Gasteiger partial charge on any atom is -0.462 e. The predicted octanol–water partition coefficient (Wildman–Crippen LogP) is 2.78. The molecule has 0 N–H and O–H groups in total. The molecule has 0 bridgehead atoms. The van der Waals surface area contributed by atoms with Gasteiger partial charge in [-0.15, -0.1) is 0 Å². The van der Waals surface area contributed by atoms with E-state index in [1.54, 1.807) is 23.8 Å². The van der Waals surface area contributed by atoms with Crippen molar-refractivity contribution in [2.24, 2.45) is 0 Å². The minimum absolute atomic E-state index is 0.00196. The summed E-state index contributed by atoms with van der Waals surface area (Å²) < 4.78 is 20.2. The van der Waals surface area contributed by atoms with Crippen molar-refractivity contribution in [1.82, 2.24) is 19.6 Å². The number of pyridine rings is 1. The Bertz CT molecular complexity index is 958. The molecule has 1 atom stereocenters. The van der Waals surface area contributed by atoms with Gasteiger partial charge in [-0.25, -0.2) is 18.7 Å². The summed E-state index contributed by atoms with van der Waals surface area (Å²) in [5, 5.41) is 4.15. The lowest BCUT2D eigenvalue weighted by atomic mass is 10.1. The summed E-state index contributed by atoms with van der Waals surface area (Å²) in [4.78, 5) is 22.8. The van der Waals surface area contributed by atoms with Crippen LogP contribution in [-0.4, -0.2) is 38.7 Å². The van der Waals surface area contributed by atoms with Gasteiger partial charge in [0.15, 0.2) is 5.65 Å². The highest BCUT2D eigenvalue weighted by Crippen LogP contribution is 2.35. The van der Waals surface area contributed by atoms with Gasteiger partial charge in [0.25, 0.3) is 0 Å². The Labute approximate surface area is 149 Å². The van der Waals surface area contributed by atoms with Crippen LogP contribution in [-0.2, 0) is 4.74 Å². The van der Waals surface area contributed by atoms with E-state index in [1.807, 2.05) is 6.07 Å². The van der Waals surface area contributed by atoms with Crippen LogP contribution in [0.15, 0.2) is 36.9 Å². The highest BCUT2D eigenvalue weighted by molar-refractivity contribution is 5.95. The maximum absolute atomic E-state index is 13.6. The van der Waals surface area contributed by atoms with E-state index >= 15 is 0 Å². The Morgan fingerprint density at radius 2 is 2.27 bits per heavy atom. The monoisotopic (exact) mass is 355 g/mol. The molecule has 1 saturated heterocycles. The number of anilines is 1.